The highest BCUT2D eigenvalue weighted by molar-refractivity contribution is 8.01. The first-order valence-corrected chi connectivity index (χ1v) is 10.8. The van der Waals surface area contributed by atoms with Crippen molar-refractivity contribution in [3.8, 4) is 0 Å². The number of aromatic nitrogens is 1. The highest BCUT2D eigenvalue weighted by atomic mass is 32.2. The first kappa shape index (κ1) is 20.9. The maximum atomic E-state index is 12.9. The van der Waals surface area contributed by atoms with Gasteiger partial charge in [0.1, 0.15) is 18.0 Å². The van der Waals surface area contributed by atoms with E-state index in [2.05, 4.69) is 5.32 Å². The van der Waals surface area contributed by atoms with Crippen LogP contribution in [0, 0.1) is 0 Å². The summed E-state index contributed by atoms with van der Waals surface area (Å²) in [4.78, 5) is 50.9. The van der Waals surface area contributed by atoms with Crippen molar-refractivity contribution in [1.82, 2.24) is 14.8 Å². The molecule has 2 fully saturated rings. The van der Waals surface area contributed by atoms with E-state index in [1.54, 1.807) is 24.6 Å². The third-order valence-corrected chi connectivity index (χ3v) is 7.80. The van der Waals surface area contributed by atoms with Gasteiger partial charge in [-0.1, -0.05) is 0 Å². The molecule has 1 aromatic heterocycles. The van der Waals surface area contributed by atoms with Gasteiger partial charge in [0.2, 0.25) is 5.91 Å². The van der Waals surface area contributed by atoms with E-state index in [-0.39, 0.29) is 12.0 Å². The number of carboxylic acid groups (broad SMARTS) is 1. The van der Waals surface area contributed by atoms with Gasteiger partial charge in [-0.2, -0.15) is 0 Å². The van der Waals surface area contributed by atoms with Crippen LogP contribution in [0.15, 0.2) is 17.1 Å². The standard InChI is InChI=1S/C20H25N3O6S/c1-19(2)15(16(26)27)23-17(28)20(29-3,18(23)30-19)21-14(25)10-22-9-8-13(24)11-6-4-5-7-12(11)22/h8-9,15,18H,4-7,10H2,1-3H3,(H,21,25)(H,26,27)/t15-,18+,20?/m0/s1. The molecule has 1 aromatic rings. The molecule has 3 heterocycles. The molecule has 0 saturated carbocycles. The van der Waals surface area contributed by atoms with Gasteiger partial charge in [-0.15, -0.1) is 11.8 Å². The highest BCUT2D eigenvalue weighted by Crippen LogP contribution is 2.55. The SMILES string of the molecule is COC1(NC(=O)Cn2ccc(=O)c3c2CCCC3)C(=O)N2[C@@H](C(=O)O)C(C)(C)S[C@@H]21. The van der Waals surface area contributed by atoms with Crippen LogP contribution in [0.3, 0.4) is 0 Å². The lowest BCUT2D eigenvalue weighted by atomic mass is 9.93. The van der Waals surface area contributed by atoms with E-state index in [1.807, 2.05) is 0 Å². The van der Waals surface area contributed by atoms with Gasteiger partial charge in [0.15, 0.2) is 5.43 Å². The summed E-state index contributed by atoms with van der Waals surface area (Å²) in [6, 6.07) is 0.471. The Morgan fingerprint density at radius 3 is 2.67 bits per heavy atom. The molecule has 2 saturated heterocycles. The summed E-state index contributed by atoms with van der Waals surface area (Å²) in [6.45, 7) is 3.47. The monoisotopic (exact) mass is 435 g/mol. The van der Waals surface area contributed by atoms with Crippen molar-refractivity contribution in [2.75, 3.05) is 7.11 Å². The summed E-state index contributed by atoms with van der Waals surface area (Å²) in [7, 11) is 1.33. The van der Waals surface area contributed by atoms with Crippen molar-refractivity contribution in [1.29, 1.82) is 0 Å². The Balaban J connectivity index is 1.56. The van der Waals surface area contributed by atoms with Crippen molar-refractivity contribution in [2.24, 2.45) is 0 Å². The lowest BCUT2D eigenvalue weighted by Gasteiger charge is -2.51. The number of ether oxygens (including phenoxy) is 1. The summed E-state index contributed by atoms with van der Waals surface area (Å²) in [6.07, 6.45) is 4.95. The van der Waals surface area contributed by atoms with Crippen LogP contribution in [0.5, 0.6) is 0 Å². The van der Waals surface area contributed by atoms with Crippen LogP contribution in [-0.4, -0.2) is 61.4 Å². The maximum Gasteiger partial charge on any atom is 0.327 e. The number of carbonyl (C=O) groups excluding carboxylic acids is 2. The molecule has 3 atom stereocenters. The molecular weight excluding hydrogens is 410 g/mol. The molecule has 162 valence electrons. The Labute approximate surface area is 177 Å². The van der Waals surface area contributed by atoms with Crippen LogP contribution in [0.2, 0.25) is 0 Å². The topological polar surface area (TPSA) is 118 Å². The number of hydrogen-bond donors (Lipinski definition) is 2. The Morgan fingerprint density at radius 1 is 1.30 bits per heavy atom. The van der Waals surface area contributed by atoms with E-state index in [9.17, 15) is 24.3 Å². The van der Waals surface area contributed by atoms with Crippen molar-refractivity contribution in [2.45, 2.75) is 68.0 Å². The molecule has 0 spiro atoms. The van der Waals surface area contributed by atoms with Crippen LogP contribution >= 0.6 is 11.8 Å². The zero-order valence-electron chi connectivity index (χ0n) is 17.1. The number of carbonyl (C=O) groups is 3. The fourth-order valence-electron chi connectivity index (χ4n) is 4.75. The fourth-order valence-corrected chi connectivity index (χ4v) is 6.43. The molecule has 4 rings (SSSR count). The van der Waals surface area contributed by atoms with E-state index in [1.165, 1.54) is 29.8 Å². The first-order chi connectivity index (χ1) is 14.1. The minimum atomic E-state index is -1.59. The molecular formula is C20H25N3O6S. The van der Waals surface area contributed by atoms with Crippen LogP contribution in [0.4, 0.5) is 0 Å². The number of nitrogens with one attached hydrogen (secondary N) is 1. The summed E-state index contributed by atoms with van der Waals surface area (Å²) in [5.41, 5.74) is 0.00635. The summed E-state index contributed by atoms with van der Waals surface area (Å²) in [5.74, 6) is -2.08. The minimum absolute atomic E-state index is 0.0103. The number of hydrogen-bond acceptors (Lipinski definition) is 6. The maximum absolute atomic E-state index is 12.9. The lowest BCUT2D eigenvalue weighted by Crippen LogP contribution is -2.80. The molecule has 2 N–H and O–H groups in total. The minimum Gasteiger partial charge on any atom is -0.480 e. The molecule has 1 aliphatic carbocycles. The predicted molar refractivity (Wildman–Crippen MR) is 109 cm³/mol. The molecule has 2 amide bonds. The molecule has 2 aliphatic heterocycles. The van der Waals surface area contributed by atoms with Gasteiger partial charge in [0.25, 0.3) is 11.6 Å². The second-order valence-corrected chi connectivity index (χ2v) is 10.2. The number of amides is 2. The average molecular weight is 436 g/mol. The number of β-lactam (4-membered cyclic amide) rings is 1. The van der Waals surface area contributed by atoms with Crippen LogP contribution in [0.25, 0.3) is 0 Å². The van der Waals surface area contributed by atoms with E-state index in [4.69, 9.17) is 4.74 Å². The van der Waals surface area contributed by atoms with Gasteiger partial charge in [0.05, 0.1) is 0 Å². The number of thioether (sulfide) groups is 1. The largest absolute Gasteiger partial charge is 0.480 e. The molecule has 0 radical (unpaired) electrons. The summed E-state index contributed by atoms with van der Waals surface area (Å²) in [5, 5.41) is 11.7. The third kappa shape index (κ3) is 2.96. The molecule has 9 nitrogen and oxygen atoms in total. The van der Waals surface area contributed by atoms with Crippen molar-refractivity contribution < 1.29 is 24.2 Å². The summed E-state index contributed by atoms with van der Waals surface area (Å²) < 4.78 is 6.49. The predicted octanol–water partition coefficient (Wildman–Crippen LogP) is 0.333. The quantitative estimate of drug-likeness (QED) is 0.506. The Bertz CT molecular complexity index is 989. The molecule has 30 heavy (non-hydrogen) atoms. The third-order valence-electron chi connectivity index (χ3n) is 6.19. The number of rotatable bonds is 5. The van der Waals surface area contributed by atoms with Gasteiger partial charge in [-0.3, -0.25) is 14.4 Å². The molecule has 3 aliphatic rings. The molecule has 10 heteroatoms. The number of methoxy groups -OCH3 is 1. The Hall–Kier alpha value is -2.33. The Kier molecular flexibility index (Phi) is 4.97. The zero-order chi connectivity index (χ0) is 21.8. The number of pyridine rings is 1. The van der Waals surface area contributed by atoms with E-state index < -0.39 is 39.7 Å². The molecule has 0 aromatic carbocycles. The number of aliphatic carboxylic acids is 1. The highest BCUT2D eigenvalue weighted by Gasteiger charge is 2.73. The number of nitrogens with zero attached hydrogens (tertiary/aromatic N) is 2. The fraction of sp³-hybridized carbons (Fsp3) is 0.600. The van der Waals surface area contributed by atoms with Gasteiger partial charge in [-0.25, -0.2) is 4.79 Å². The lowest BCUT2D eigenvalue weighted by molar-refractivity contribution is -0.201. The van der Waals surface area contributed by atoms with Crippen LogP contribution < -0.4 is 10.7 Å². The van der Waals surface area contributed by atoms with Gasteiger partial charge < -0.3 is 24.6 Å². The van der Waals surface area contributed by atoms with Crippen molar-refractivity contribution in [3.63, 3.8) is 0 Å². The Morgan fingerprint density at radius 2 is 2.00 bits per heavy atom. The van der Waals surface area contributed by atoms with Crippen LogP contribution in [0.1, 0.15) is 37.9 Å². The van der Waals surface area contributed by atoms with E-state index >= 15 is 0 Å². The zero-order valence-corrected chi connectivity index (χ0v) is 18.0. The first-order valence-electron chi connectivity index (χ1n) is 9.93. The molecule has 0 bridgehead atoms. The number of fused-ring (bicyclic) bond motifs is 2. The second-order valence-electron chi connectivity index (χ2n) is 8.46. The van der Waals surface area contributed by atoms with Crippen molar-refractivity contribution >= 4 is 29.5 Å². The van der Waals surface area contributed by atoms with Gasteiger partial charge in [-0.05, 0) is 39.5 Å². The smallest absolute Gasteiger partial charge is 0.327 e. The summed E-state index contributed by atoms with van der Waals surface area (Å²) >= 11 is 1.30. The van der Waals surface area contributed by atoms with Gasteiger partial charge in [0, 0.05) is 35.4 Å². The van der Waals surface area contributed by atoms with Gasteiger partial charge >= 0.3 is 5.97 Å². The average Bonchev–Trinajstić information content (AvgIpc) is 2.97. The molecule has 1 unspecified atom stereocenters. The second kappa shape index (κ2) is 7.12. The van der Waals surface area contributed by atoms with E-state index in [0.29, 0.717) is 6.42 Å². The van der Waals surface area contributed by atoms with Crippen LogP contribution in [-0.2, 0) is 38.5 Å². The van der Waals surface area contributed by atoms with Crippen molar-refractivity contribution in [3.05, 3.63) is 33.7 Å². The number of carboxylic acids is 1. The normalized spacial score (nSPS) is 29.0. The van der Waals surface area contributed by atoms with E-state index in [0.717, 1.165) is 30.5 Å².